The molecule has 28 heavy (non-hydrogen) atoms. The predicted octanol–water partition coefficient (Wildman–Crippen LogP) is 2.80. The molecule has 0 spiro atoms. The van der Waals surface area contributed by atoms with E-state index in [0.717, 1.165) is 11.1 Å². The second-order valence-corrected chi connectivity index (χ2v) is 6.36. The van der Waals surface area contributed by atoms with E-state index in [0.29, 0.717) is 37.4 Å². The van der Waals surface area contributed by atoms with Crippen molar-refractivity contribution in [2.75, 3.05) is 27.3 Å². The van der Waals surface area contributed by atoms with Gasteiger partial charge in [0.1, 0.15) is 0 Å². The van der Waals surface area contributed by atoms with Gasteiger partial charge in [-0.15, -0.1) is 0 Å². The third-order valence-electron chi connectivity index (χ3n) is 4.48. The van der Waals surface area contributed by atoms with Crippen molar-refractivity contribution in [2.24, 2.45) is 0 Å². The Balaban J connectivity index is 1.80. The molecule has 0 atom stereocenters. The Bertz CT molecular complexity index is 777. The van der Waals surface area contributed by atoms with Gasteiger partial charge in [0.15, 0.2) is 11.5 Å². The number of hydrogen-bond acceptors (Lipinski definition) is 4. The van der Waals surface area contributed by atoms with Gasteiger partial charge >= 0.3 is 0 Å². The number of carbonyl (C=O) groups excluding carboxylic acids is 2. The summed E-state index contributed by atoms with van der Waals surface area (Å²) in [6.45, 7) is 3.07. The monoisotopic (exact) mass is 384 g/mol. The predicted molar refractivity (Wildman–Crippen MR) is 108 cm³/mol. The number of carbonyl (C=O) groups is 2. The van der Waals surface area contributed by atoms with Crippen LogP contribution in [-0.2, 0) is 22.6 Å². The molecule has 0 aliphatic carbocycles. The number of likely N-dealkylation sites (N-methyl/N-ethyl adjacent to an activating group) is 1. The molecular weight excluding hydrogens is 356 g/mol. The number of benzene rings is 2. The molecule has 0 aliphatic rings. The molecule has 0 unspecified atom stereocenters. The molecule has 2 aromatic rings. The summed E-state index contributed by atoms with van der Waals surface area (Å²) in [5.41, 5.74) is 2.04. The van der Waals surface area contributed by atoms with E-state index in [1.807, 2.05) is 55.5 Å². The fourth-order valence-corrected chi connectivity index (χ4v) is 2.85. The quantitative estimate of drug-likeness (QED) is 0.684. The molecule has 0 saturated carbocycles. The molecule has 6 heteroatoms. The van der Waals surface area contributed by atoms with Crippen LogP contribution in [-0.4, -0.2) is 44.0 Å². The highest BCUT2D eigenvalue weighted by Gasteiger charge is 2.13. The number of aryl methyl sites for hydroxylation is 1. The van der Waals surface area contributed by atoms with Crippen LogP contribution in [0.5, 0.6) is 11.5 Å². The minimum Gasteiger partial charge on any atom is -0.493 e. The third kappa shape index (κ3) is 6.30. The third-order valence-corrected chi connectivity index (χ3v) is 4.48. The van der Waals surface area contributed by atoms with Gasteiger partial charge in [-0.3, -0.25) is 9.59 Å². The molecule has 2 amide bonds. The van der Waals surface area contributed by atoms with Crippen molar-refractivity contribution in [3.8, 4) is 11.5 Å². The first-order valence-electron chi connectivity index (χ1n) is 9.36. The van der Waals surface area contributed by atoms with E-state index in [1.54, 1.807) is 19.1 Å². The Morgan fingerprint density at radius 2 is 1.68 bits per heavy atom. The van der Waals surface area contributed by atoms with Crippen molar-refractivity contribution in [2.45, 2.75) is 26.3 Å². The molecular formula is C22H28N2O4. The van der Waals surface area contributed by atoms with Crippen LogP contribution in [0.4, 0.5) is 0 Å². The van der Waals surface area contributed by atoms with Crippen LogP contribution in [0.1, 0.15) is 24.5 Å². The van der Waals surface area contributed by atoms with E-state index in [1.165, 1.54) is 0 Å². The Morgan fingerprint density at radius 1 is 0.964 bits per heavy atom. The standard InChI is InChI=1S/C22H28N2O4/c1-4-24(16-18-8-6-5-7-9-18)22(26)15-23-21(25)13-11-17-10-12-19(27-2)20(14-17)28-3/h5-10,12,14H,4,11,13,15-16H2,1-3H3,(H,23,25). The lowest BCUT2D eigenvalue weighted by Gasteiger charge is -2.21. The number of nitrogens with zero attached hydrogens (tertiary/aromatic N) is 1. The zero-order valence-corrected chi connectivity index (χ0v) is 16.7. The van der Waals surface area contributed by atoms with Gasteiger partial charge in [-0.05, 0) is 36.6 Å². The molecule has 0 aromatic heterocycles. The number of amides is 2. The summed E-state index contributed by atoms with van der Waals surface area (Å²) in [7, 11) is 3.16. The van der Waals surface area contributed by atoms with E-state index < -0.39 is 0 Å². The van der Waals surface area contributed by atoms with E-state index in [2.05, 4.69) is 5.32 Å². The average Bonchev–Trinajstić information content (AvgIpc) is 2.74. The van der Waals surface area contributed by atoms with Gasteiger partial charge in [-0.1, -0.05) is 36.4 Å². The van der Waals surface area contributed by atoms with Crippen molar-refractivity contribution >= 4 is 11.8 Å². The fourth-order valence-electron chi connectivity index (χ4n) is 2.85. The summed E-state index contributed by atoms with van der Waals surface area (Å²) >= 11 is 0. The lowest BCUT2D eigenvalue weighted by atomic mass is 10.1. The number of ether oxygens (including phenoxy) is 2. The van der Waals surface area contributed by atoms with Gasteiger partial charge in [-0.2, -0.15) is 0 Å². The first-order valence-corrected chi connectivity index (χ1v) is 9.36. The average molecular weight is 384 g/mol. The van der Waals surface area contributed by atoms with Crippen molar-refractivity contribution in [3.05, 3.63) is 59.7 Å². The highest BCUT2D eigenvalue weighted by molar-refractivity contribution is 5.84. The van der Waals surface area contributed by atoms with E-state index in [4.69, 9.17) is 9.47 Å². The SMILES string of the molecule is CCN(Cc1ccccc1)C(=O)CNC(=O)CCc1ccc(OC)c(OC)c1. The fraction of sp³-hybridized carbons (Fsp3) is 0.364. The summed E-state index contributed by atoms with van der Waals surface area (Å²) in [4.78, 5) is 26.2. The van der Waals surface area contributed by atoms with Crippen molar-refractivity contribution in [1.29, 1.82) is 0 Å². The maximum absolute atomic E-state index is 12.4. The minimum absolute atomic E-state index is 0.00540. The van der Waals surface area contributed by atoms with E-state index in [9.17, 15) is 9.59 Å². The van der Waals surface area contributed by atoms with Crippen molar-refractivity contribution in [1.82, 2.24) is 10.2 Å². The van der Waals surface area contributed by atoms with Gasteiger partial charge in [-0.25, -0.2) is 0 Å². The van der Waals surface area contributed by atoms with Crippen molar-refractivity contribution < 1.29 is 19.1 Å². The van der Waals surface area contributed by atoms with Gasteiger partial charge < -0.3 is 19.7 Å². The molecule has 0 bridgehead atoms. The molecule has 0 aliphatic heterocycles. The maximum Gasteiger partial charge on any atom is 0.242 e. The zero-order chi connectivity index (χ0) is 20.4. The Kier molecular flexibility index (Phi) is 8.34. The molecule has 1 N–H and O–H groups in total. The Labute approximate surface area is 166 Å². The minimum atomic E-state index is -0.154. The van der Waals surface area contributed by atoms with Crippen LogP contribution in [0.25, 0.3) is 0 Å². The summed E-state index contributed by atoms with van der Waals surface area (Å²) in [6, 6.07) is 15.4. The van der Waals surface area contributed by atoms with Gasteiger partial charge in [0, 0.05) is 19.5 Å². The Morgan fingerprint density at radius 3 is 2.32 bits per heavy atom. The van der Waals surface area contributed by atoms with Crippen LogP contribution in [0.2, 0.25) is 0 Å². The summed E-state index contributed by atoms with van der Waals surface area (Å²) in [5.74, 6) is 1.04. The number of nitrogens with one attached hydrogen (secondary N) is 1. The normalized spacial score (nSPS) is 10.2. The molecule has 0 fully saturated rings. The smallest absolute Gasteiger partial charge is 0.242 e. The molecule has 0 radical (unpaired) electrons. The van der Waals surface area contributed by atoms with E-state index in [-0.39, 0.29) is 18.4 Å². The Hall–Kier alpha value is -3.02. The van der Waals surface area contributed by atoms with E-state index >= 15 is 0 Å². The van der Waals surface area contributed by atoms with Gasteiger partial charge in [0.25, 0.3) is 0 Å². The first-order chi connectivity index (χ1) is 13.6. The lowest BCUT2D eigenvalue weighted by Crippen LogP contribution is -2.39. The molecule has 2 aromatic carbocycles. The largest absolute Gasteiger partial charge is 0.493 e. The maximum atomic E-state index is 12.4. The van der Waals surface area contributed by atoms with Gasteiger partial charge in [0.2, 0.25) is 11.8 Å². The number of rotatable bonds is 10. The van der Waals surface area contributed by atoms with Crippen LogP contribution >= 0.6 is 0 Å². The lowest BCUT2D eigenvalue weighted by molar-refractivity contribution is -0.133. The molecule has 2 rings (SSSR count). The zero-order valence-electron chi connectivity index (χ0n) is 16.7. The van der Waals surface area contributed by atoms with Crippen LogP contribution in [0.15, 0.2) is 48.5 Å². The molecule has 150 valence electrons. The van der Waals surface area contributed by atoms with Gasteiger partial charge in [0.05, 0.1) is 20.8 Å². The highest BCUT2D eigenvalue weighted by Crippen LogP contribution is 2.27. The summed E-state index contributed by atoms with van der Waals surface area (Å²) in [5, 5.41) is 2.72. The molecule has 0 saturated heterocycles. The van der Waals surface area contributed by atoms with Crippen molar-refractivity contribution in [3.63, 3.8) is 0 Å². The number of hydrogen-bond donors (Lipinski definition) is 1. The van der Waals surface area contributed by atoms with Crippen LogP contribution in [0.3, 0.4) is 0 Å². The molecule has 0 heterocycles. The van der Waals surface area contributed by atoms with Crippen LogP contribution < -0.4 is 14.8 Å². The summed E-state index contributed by atoms with van der Waals surface area (Å²) in [6.07, 6.45) is 0.857. The topological polar surface area (TPSA) is 67.9 Å². The second kappa shape index (κ2) is 11.0. The van der Waals surface area contributed by atoms with Crippen LogP contribution in [0, 0.1) is 0 Å². The number of methoxy groups -OCH3 is 2. The second-order valence-electron chi connectivity index (χ2n) is 6.36. The first kappa shape index (κ1) is 21.3. The molecule has 6 nitrogen and oxygen atoms in total. The highest BCUT2D eigenvalue weighted by atomic mass is 16.5. The summed E-state index contributed by atoms with van der Waals surface area (Å²) < 4.78 is 10.5.